The SMILES string of the molecule is O=c1c2cc(Cc3cccc(Br)n3)c3ccccc3c2ncn1[C@H]1CCOC[C@@H]1O. The fourth-order valence-corrected chi connectivity index (χ4v) is 4.59. The number of hydrogen-bond acceptors (Lipinski definition) is 5. The smallest absolute Gasteiger partial charge is 0.261 e. The molecule has 2 aromatic carbocycles. The minimum Gasteiger partial charge on any atom is -0.389 e. The monoisotopic (exact) mass is 465 g/mol. The van der Waals surface area contributed by atoms with Gasteiger partial charge < -0.3 is 9.84 Å². The second-order valence-electron chi connectivity index (χ2n) is 7.56. The molecule has 2 aromatic heterocycles. The van der Waals surface area contributed by atoms with Crippen LogP contribution in [0.3, 0.4) is 0 Å². The van der Waals surface area contributed by atoms with Crippen molar-refractivity contribution in [1.82, 2.24) is 14.5 Å². The van der Waals surface area contributed by atoms with Crippen LogP contribution in [-0.4, -0.2) is 39.0 Å². The van der Waals surface area contributed by atoms with Crippen LogP contribution in [0.5, 0.6) is 0 Å². The fraction of sp³-hybridized carbons (Fsp3) is 0.261. The number of aliphatic hydroxyl groups excluding tert-OH is 1. The first-order valence-corrected chi connectivity index (χ1v) is 10.7. The molecule has 7 heteroatoms. The summed E-state index contributed by atoms with van der Waals surface area (Å²) < 4.78 is 7.66. The van der Waals surface area contributed by atoms with Crippen molar-refractivity contribution >= 4 is 37.6 Å². The summed E-state index contributed by atoms with van der Waals surface area (Å²) in [4.78, 5) is 22.6. The Balaban J connectivity index is 1.71. The number of aliphatic hydroxyl groups is 1. The molecule has 1 fully saturated rings. The summed E-state index contributed by atoms with van der Waals surface area (Å²) in [7, 11) is 0. The van der Waals surface area contributed by atoms with Gasteiger partial charge in [-0.05, 0) is 51.5 Å². The third kappa shape index (κ3) is 3.43. The van der Waals surface area contributed by atoms with Crippen molar-refractivity contribution in [3.05, 3.63) is 81.1 Å². The van der Waals surface area contributed by atoms with Crippen LogP contribution >= 0.6 is 15.9 Å². The average molecular weight is 466 g/mol. The normalized spacial score (nSPS) is 19.4. The molecule has 0 amide bonds. The van der Waals surface area contributed by atoms with Crippen molar-refractivity contribution in [2.24, 2.45) is 0 Å². The Kier molecular flexibility index (Phi) is 5.10. The number of ether oxygens (including phenoxy) is 1. The molecule has 1 N–H and O–H groups in total. The van der Waals surface area contributed by atoms with Gasteiger partial charge in [-0.2, -0.15) is 0 Å². The highest BCUT2D eigenvalue weighted by atomic mass is 79.9. The minimum absolute atomic E-state index is 0.139. The van der Waals surface area contributed by atoms with E-state index in [-0.39, 0.29) is 18.2 Å². The third-order valence-corrected chi connectivity index (χ3v) is 6.11. The molecule has 1 aliphatic rings. The molecule has 0 unspecified atom stereocenters. The van der Waals surface area contributed by atoms with Gasteiger partial charge in [-0.1, -0.05) is 30.3 Å². The molecule has 30 heavy (non-hydrogen) atoms. The van der Waals surface area contributed by atoms with E-state index < -0.39 is 6.10 Å². The van der Waals surface area contributed by atoms with E-state index in [1.807, 2.05) is 42.5 Å². The Morgan fingerprint density at radius 1 is 1.13 bits per heavy atom. The number of pyridine rings is 1. The van der Waals surface area contributed by atoms with E-state index in [9.17, 15) is 9.90 Å². The molecule has 6 nitrogen and oxygen atoms in total. The lowest BCUT2D eigenvalue weighted by atomic mass is 9.97. The Labute approximate surface area is 181 Å². The molecule has 0 saturated carbocycles. The maximum Gasteiger partial charge on any atom is 0.261 e. The fourth-order valence-electron chi connectivity index (χ4n) is 4.21. The summed E-state index contributed by atoms with van der Waals surface area (Å²) in [6.07, 6.45) is 2.02. The molecular formula is C23H20BrN3O3. The second kappa shape index (κ2) is 7.91. The zero-order chi connectivity index (χ0) is 20.7. The van der Waals surface area contributed by atoms with Crippen molar-refractivity contribution in [3.63, 3.8) is 0 Å². The standard InChI is InChI=1S/C23H20BrN3O3/c24-21-7-3-4-15(26-21)10-14-11-18-22(17-6-2-1-5-16(14)17)25-13-27(23(18)29)19-8-9-30-12-20(19)28/h1-7,11,13,19-20,28H,8-10,12H2/t19-,20-/m0/s1. The number of halogens is 1. The predicted molar refractivity (Wildman–Crippen MR) is 119 cm³/mol. The van der Waals surface area contributed by atoms with Crippen LogP contribution < -0.4 is 5.56 Å². The molecule has 3 heterocycles. The number of benzene rings is 2. The Morgan fingerprint density at radius 2 is 1.97 bits per heavy atom. The molecule has 0 spiro atoms. The van der Waals surface area contributed by atoms with E-state index in [1.54, 1.807) is 10.9 Å². The van der Waals surface area contributed by atoms with E-state index in [2.05, 4.69) is 32.0 Å². The van der Waals surface area contributed by atoms with Crippen molar-refractivity contribution < 1.29 is 9.84 Å². The second-order valence-corrected chi connectivity index (χ2v) is 8.37. The van der Waals surface area contributed by atoms with Gasteiger partial charge in [0.25, 0.3) is 5.56 Å². The van der Waals surface area contributed by atoms with Crippen molar-refractivity contribution in [3.8, 4) is 0 Å². The Bertz CT molecular complexity index is 1300. The molecule has 2 atom stereocenters. The first-order chi connectivity index (χ1) is 14.6. The molecular weight excluding hydrogens is 446 g/mol. The van der Waals surface area contributed by atoms with Crippen molar-refractivity contribution in [2.45, 2.75) is 25.0 Å². The molecule has 0 radical (unpaired) electrons. The number of aromatic nitrogens is 3. The summed E-state index contributed by atoms with van der Waals surface area (Å²) in [5, 5.41) is 12.9. The summed E-state index contributed by atoms with van der Waals surface area (Å²) in [6.45, 7) is 0.746. The van der Waals surface area contributed by atoms with Gasteiger partial charge in [0.15, 0.2) is 0 Å². The first-order valence-electron chi connectivity index (χ1n) is 9.90. The molecule has 1 aliphatic heterocycles. The van der Waals surface area contributed by atoms with E-state index in [0.717, 1.165) is 26.6 Å². The van der Waals surface area contributed by atoms with Crippen LogP contribution in [0.1, 0.15) is 23.7 Å². The molecule has 0 aliphatic carbocycles. The number of nitrogens with zero attached hydrogens (tertiary/aromatic N) is 3. The van der Waals surface area contributed by atoms with Crippen LogP contribution in [0.25, 0.3) is 21.7 Å². The van der Waals surface area contributed by atoms with Gasteiger partial charge in [0.05, 0.1) is 36.0 Å². The highest BCUT2D eigenvalue weighted by molar-refractivity contribution is 9.10. The number of rotatable bonds is 3. The van der Waals surface area contributed by atoms with Gasteiger partial charge in [-0.15, -0.1) is 0 Å². The van der Waals surface area contributed by atoms with Crippen LogP contribution in [0.4, 0.5) is 0 Å². The Hall–Kier alpha value is -2.61. The van der Waals surface area contributed by atoms with Gasteiger partial charge >= 0.3 is 0 Å². The maximum atomic E-state index is 13.4. The topological polar surface area (TPSA) is 77.2 Å². The van der Waals surface area contributed by atoms with Gasteiger partial charge in [0, 0.05) is 24.1 Å². The maximum absolute atomic E-state index is 13.4. The van der Waals surface area contributed by atoms with Crippen LogP contribution in [0, 0.1) is 0 Å². The number of hydrogen-bond donors (Lipinski definition) is 1. The lowest BCUT2D eigenvalue weighted by molar-refractivity contribution is -0.0395. The van der Waals surface area contributed by atoms with Crippen LogP contribution in [0.15, 0.2) is 64.3 Å². The molecule has 0 bridgehead atoms. The first kappa shape index (κ1) is 19.4. The van der Waals surface area contributed by atoms with Crippen LogP contribution in [0.2, 0.25) is 0 Å². The third-order valence-electron chi connectivity index (χ3n) is 5.67. The van der Waals surface area contributed by atoms with Crippen molar-refractivity contribution in [2.75, 3.05) is 13.2 Å². The van der Waals surface area contributed by atoms with E-state index in [1.165, 1.54) is 0 Å². The molecule has 4 aromatic rings. The predicted octanol–water partition coefficient (Wildman–Crippen LogP) is 3.62. The zero-order valence-corrected chi connectivity index (χ0v) is 17.7. The number of fused-ring (bicyclic) bond motifs is 3. The molecule has 1 saturated heterocycles. The highest BCUT2D eigenvalue weighted by Crippen LogP contribution is 2.28. The Morgan fingerprint density at radius 3 is 2.77 bits per heavy atom. The van der Waals surface area contributed by atoms with Crippen LogP contribution in [-0.2, 0) is 11.2 Å². The molecule has 152 valence electrons. The highest BCUT2D eigenvalue weighted by Gasteiger charge is 2.27. The zero-order valence-electron chi connectivity index (χ0n) is 16.2. The minimum atomic E-state index is -0.721. The van der Waals surface area contributed by atoms with Gasteiger partial charge in [0.1, 0.15) is 4.60 Å². The summed E-state index contributed by atoms with van der Waals surface area (Å²) in [5.74, 6) is 0. The summed E-state index contributed by atoms with van der Waals surface area (Å²) in [5.41, 5.74) is 2.48. The molecule has 5 rings (SSSR count). The van der Waals surface area contributed by atoms with Crippen molar-refractivity contribution in [1.29, 1.82) is 0 Å². The quantitative estimate of drug-likeness (QED) is 0.369. The van der Waals surface area contributed by atoms with E-state index in [0.29, 0.717) is 30.4 Å². The van der Waals surface area contributed by atoms with Gasteiger partial charge in [0.2, 0.25) is 0 Å². The van der Waals surface area contributed by atoms with E-state index >= 15 is 0 Å². The average Bonchev–Trinajstić information content (AvgIpc) is 2.75. The largest absolute Gasteiger partial charge is 0.389 e. The summed E-state index contributed by atoms with van der Waals surface area (Å²) in [6, 6.07) is 15.4. The van der Waals surface area contributed by atoms with Gasteiger partial charge in [-0.3, -0.25) is 9.36 Å². The summed E-state index contributed by atoms with van der Waals surface area (Å²) >= 11 is 3.43. The van der Waals surface area contributed by atoms with E-state index in [4.69, 9.17) is 4.74 Å². The lowest BCUT2D eigenvalue weighted by Crippen LogP contribution is -2.39. The lowest BCUT2D eigenvalue weighted by Gasteiger charge is -2.29. The van der Waals surface area contributed by atoms with Gasteiger partial charge in [-0.25, -0.2) is 9.97 Å².